The van der Waals surface area contributed by atoms with E-state index in [1.165, 1.54) is 0 Å². The van der Waals surface area contributed by atoms with E-state index in [1.807, 2.05) is 0 Å². The molecule has 1 saturated carbocycles. The van der Waals surface area contributed by atoms with E-state index in [4.69, 9.17) is 4.55 Å². The van der Waals surface area contributed by atoms with Gasteiger partial charge in [0.15, 0.2) is 0 Å². The highest BCUT2D eigenvalue weighted by Crippen LogP contribution is 2.24. The third-order valence-electron chi connectivity index (χ3n) is 1.58. The van der Waals surface area contributed by atoms with E-state index in [1.54, 1.807) is 6.08 Å². The van der Waals surface area contributed by atoms with Crippen LogP contribution in [0.4, 0.5) is 0 Å². The Morgan fingerprint density at radius 3 is 2.40 bits per heavy atom. The number of hydrogen-bond donors (Lipinski definition) is 1. The lowest BCUT2D eigenvalue weighted by atomic mass is 9.93. The first-order valence-electron chi connectivity index (χ1n) is 3.21. The molecule has 1 aliphatic rings. The zero-order valence-corrected chi connectivity index (χ0v) is 6.39. The summed E-state index contributed by atoms with van der Waals surface area (Å²) >= 11 is 0. The molecule has 1 fully saturated rings. The SMILES string of the molecule is O=S(=O)(O)CC=C1CCC1. The molecule has 4 heteroatoms. The van der Waals surface area contributed by atoms with Gasteiger partial charge < -0.3 is 0 Å². The summed E-state index contributed by atoms with van der Waals surface area (Å²) in [6, 6.07) is 0. The van der Waals surface area contributed by atoms with E-state index in [-0.39, 0.29) is 5.75 Å². The highest BCUT2D eigenvalue weighted by Gasteiger charge is 2.09. The zero-order valence-electron chi connectivity index (χ0n) is 5.58. The fourth-order valence-corrected chi connectivity index (χ4v) is 1.25. The standard InChI is InChI=1S/C6H10O3S/c7-10(8,9)5-4-6-2-1-3-6/h4H,1-3,5H2,(H,7,8,9). The van der Waals surface area contributed by atoms with Crippen LogP contribution in [-0.4, -0.2) is 18.7 Å². The monoisotopic (exact) mass is 162 g/mol. The molecule has 0 atom stereocenters. The Hall–Kier alpha value is -0.350. The van der Waals surface area contributed by atoms with Crippen molar-refractivity contribution in [2.45, 2.75) is 19.3 Å². The van der Waals surface area contributed by atoms with Crippen LogP contribution in [0.1, 0.15) is 19.3 Å². The highest BCUT2D eigenvalue weighted by molar-refractivity contribution is 7.85. The molecule has 0 aliphatic heterocycles. The van der Waals surface area contributed by atoms with E-state index in [0.717, 1.165) is 24.8 Å². The molecule has 0 heterocycles. The maximum absolute atomic E-state index is 10.2. The summed E-state index contributed by atoms with van der Waals surface area (Å²) in [5, 5.41) is 0. The van der Waals surface area contributed by atoms with Crippen molar-refractivity contribution in [3.63, 3.8) is 0 Å². The fourth-order valence-electron chi connectivity index (χ4n) is 0.808. The fraction of sp³-hybridized carbons (Fsp3) is 0.667. The Kier molecular flexibility index (Phi) is 2.11. The van der Waals surface area contributed by atoms with Gasteiger partial charge in [-0.2, -0.15) is 8.42 Å². The third-order valence-corrected chi connectivity index (χ3v) is 2.17. The topological polar surface area (TPSA) is 54.4 Å². The molecular weight excluding hydrogens is 152 g/mol. The summed E-state index contributed by atoms with van der Waals surface area (Å²) in [6.45, 7) is 0. The van der Waals surface area contributed by atoms with Crippen molar-refractivity contribution in [3.8, 4) is 0 Å². The summed E-state index contributed by atoms with van der Waals surface area (Å²) < 4.78 is 28.7. The van der Waals surface area contributed by atoms with Crippen molar-refractivity contribution >= 4 is 10.1 Å². The van der Waals surface area contributed by atoms with Crippen LogP contribution >= 0.6 is 0 Å². The number of hydrogen-bond acceptors (Lipinski definition) is 2. The van der Waals surface area contributed by atoms with Gasteiger partial charge in [0, 0.05) is 0 Å². The van der Waals surface area contributed by atoms with Gasteiger partial charge in [0.05, 0.1) is 5.75 Å². The van der Waals surface area contributed by atoms with E-state index >= 15 is 0 Å². The Balaban J connectivity index is 2.41. The number of allylic oxidation sites excluding steroid dienone is 1. The average molecular weight is 162 g/mol. The molecule has 1 rings (SSSR count). The van der Waals surface area contributed by atoms with Crippen LogP contribution in [0.3, 0.4) is 0 Å². The van der Waals surface area contributed by atoms with Crippen LogP contribution in [0.15, 0.2) is 11.6 Å². The summed E-state index contributed by atoms with van der Waals surface area (Å²) in [4.78, 5) is 0. The lowest BCUT2D eigenvalue weighted by molar-refractivity contribution is 0.486. The van der Waals surface area contributed by atoms with Gasteiger partial charge in [-0.05, 0) is 19.3 Å². The molecule has 0 aromatic heterocycles. The molecule has 0 bridgehead atoms. The van der Waals surface area contributed by atoms with Crippen molar-refractivity contribution in [2.75, 3.05) is 5.75 Å². The first kappa shape index (κ1) is 7.75. The molecule has 0 spiro atoms. The molecule has 0 saturated heterocycles. The third kappa shape index (κ3) is 2.49. The summed E-state index contributed by atoms with van der Waals surface area (Å²) in [5.41, 5.74) is 1.15. The van der Waals surface area contributed by atoms with Crippen molar-refractivity contribution in [3.05, 3.63) is 11.6 Å². The van der Waals surface area contributed by atoms with E-state index in [9.17, 15) is 8.42 Å². The molecule has 0 aromatic rings. The Labute approximate surface area is 60.5 Å². The van der Waals surface area contributed by atoms with Crippen molar-refractivity contribution < 1.29 is 13.0 Å². The number of rotatable bonds is 2. The molecule has 3 nitrogen and oxygen atoms in total. The van der Waals surface area contributed by atoms with Gasteiger partial charge in [-0.3, -0.25) is 4.55 Å². The van der Waals surface area contributed by atoms with Gasteiger partial charge >= 0.3 is 0 Å². The lowest BCUT2D eigenvalue weighted by Gasteiger charge is -2.15. The molecule has 0 aromatic carbocycles. The minimum Gasteiger partial charge on any atom is -0.285 e. The van der Waals surface area contributed by atoms with Crippen LogP contribution < -0.4 is 0 Å². The first-order valence-corrected chi connectivity index (χ1v) is 4.82. The Morgan fingerprint density at radius 2 is 2.10 bits per heavy atom. The van der Waals surface area contributed by atoms with Crippen molar-refractivity contribution in [1.29, 1.82) is 0 Å². The molecule has 0 unspecified atom stereocenters. The molecule has 0 amide bonds. The van der Waals surface area contributed by atoms with Crippen LogP contribution in [0.25, 0.3) is 0 Å². The quantitative estimate of drug-likeness (QED) is 0.486. The second-order valence-electron chi connectivity index (χ2n) is 2.46. The van der Waals surface area contributed by atoms with Crippen LogP contribution in [-0.2, 0) is 10.1 Å². The highest BCUT2D eigenvalue weighted by atomic mass is 32.2. The summed E-state index contributed by atoms with van der Waals surface area (Å²) in [7, 11) is -3.77. The smallest absolute Gasteiger partial charge is 0.268 e. The Bertz CT molecular complexity index is 232. The van der Waals surface area contributed by atoms with Gasteiger partial charge in [0.1, 0.15) is 0 Å². The van der Waals surface area contributed by atoms with Crippen LogP contribution in [0.5, 0.6) is 0 Å². The van der Waals surface area contributed by atoms with Gasteiger partial charge in [0.2, 0.25) is 0 Å². The van der Waals surface area contributed by atoms with Crippen LogP contribution in [0, 0.1) is 0 Å². The second-order valence-corrected chi connectivity index (χ2v) is 3.96. The Morgan fingerprint density at radius 1 is 1.50 bits per heavy atom. The minimum absolute atomic E-state index is 0.220. The summed E-state index contributed by atoms with van der Waals surface area (Å²) in [5.74, 6) is -0.220. The van der Waals surface area contributed by atoms with Gasteiger partial charge in [0.25, 0.3) is 10.1 Å². The zero-order chi connectivity index (χ0) is 7.61. The van der Waals surface area contributed by atoms with Gasteiger partial charge in [-0.1, -0.05) is 11.6 Å². The largest absolute Gasteiger partial charge is 0.285 e. The molecule has 10 heavy (non-hydrogen) atoms. The molecule has 1 aliphatic carbocycles. The normalized spacial score (nSPS) is 18.3. The van der Waals surface area contributed by atoms with E-state index < -0.39 is 10.1 Å². The van der Waals surface area contributed by atoms with Gasteiger partial charge in [-0.25, -0.2) is 0 Å². The molecule has 0 radical (unpaired) electrons. The minimum atomic E-state index is -3.77. The molecular formula is C6H10O3S. The maximum Gasteiger partial charge on any atom is 0.268 e. The lowest BCUT2D eigenvalue weighted by Crippen LogP contribution is -2.04. The van der Waals surface area contributed by atoms with Crippen LogP contribution in [0.2, 0.25) is 0 Å². The molecule has 58 valence electrons. The second kappa shape index (κ2) is 2.72. The van der Waals surface area contributed by atoms with E-state index in [0.29, 0.717) is 0 Å². The van der Waals surface area contributed by atoms with Crippen molar-refractivity contribution in [1.82, 2.24) is 0 Å². The van der Waals surface area contributed by atoms with Gasteiger partial charge in [-0.15, -0.1) is 0 Å². The molecule has 1 N–H and O–H groups in total. The predicted octanol–water partition coefficient (Wildman–Crippen LogP) is 0.985. The predicted molar refractivity (Wildman–Crippen MR) is 38.3 cm³/mol. The summed E-state index contributed by atoms with van der Waals surface area (Å²) in [6.07, 6.45) is 4.74. The average Bonchev–Trinajstić information content (AvgIpc) is 1.56. The van der Waals surface area contributed by atoms with Crippen molar-refractivity contribution in [2.24, 2.45) is 0 Å². The van der Waals surface area contributed by atoms with E-state index in [2.05, 4.69) is 0 Å². The maximum atomic E-state index is 10.2. The first-order chi connectivity index (χ1) is 4.58.